The molecule has 1 saturated heterocycles. The molecule has 0 spiro atoms. The minimum absolute atomic E-state index is 0.0951. The lowest BCUT2D eigenvalue weighted by Gasteiger charge is -2.24. The van der Waals surface area contributed by atoms with Crippen molar-refractivity contribution in [1.82, 2.24) is 4.90 Å². The van der Waals surface area contributed by atoms with Gasteiger partial charge in [-0.1, -0.05) is 12.6 Å². The van der Waals surface area contributed by atoms with Gasteiger partial charge in [0.25, 0.3) is 0 Å². The topological polar surface area (TPSA) is 38.5 Å². The summed E-state index contributed by atoms with van der Waals surface area (Å²) in [4.78, 5) is 1.99. The van der Waals surface area contributed by atoms with Crippen molar-refractivity contribution < 1.29 is 9.13 Å². The molecular weight excluding hydrogens is 231 g/mol. The number of ether oxygens (including phenoxy) is 1. The SMILES string of the molecule is C=CN1/C(=C\N)CCC1c1ccc(OC)c(F)c1. The summed E-state index contributed by atoms with van der Waals surface area (Å²) < 4.78 is 18.6. The molecule has 1 aliphatic rings. The molecule has 1 unspecified atom stereocenters. The summed E-state index contributed by atoms with van der Waals surface area (Å²) in [7, 11) is 1.46. The summed E-state index contributed by atoms with van der Waals surface area (Å²) in [6.45, 7) is 3.78. The van der Waals surface area contributed by atoms with Crippen molar-refractivity contribution in [3.05, 3.63) is 54.3 Å². The zero-order valence-corrected chi connectivity index (χ0v) is 10.4. The maximum absolute atomic E-state index is 13.7. The number of nitrogens with two attached hydrogens (primary N) is 1. The van der Waals surface area contributed by atoms with Gasteiger partial charge in [0.2, 0.25) is 0 Å². The van der Waals surface area contributed by atoms with E-state index in [0.29, 0.717) is 0 Å². The molecule has 3 nitrogen and oxygen atoms in total. The summed E-state index contributed by atoms with van der Waals surface area (Å²) >= 11 is 0. The van der Waals surface area contributed by atoms with Crippen LogP contribution in [0.15, 0.2) is 42.9 Å². The van der Waals surface area contributed by atoms with Crippen LogP contribution in [0.4, 0.5) is 4.39 Å². The monoisotopic (exact) mass is 248 g/mol. The largest absolute Gasteiger partial charge is 0.494 e. The summed E-state index contributed by atoms with van der Waals surface area (Å²) in [6.07, 6.45) is 5.10. The molecule has 1 aromatic rings. The number of hydrogen-bond acceptors (Lipinski definition) is 3. The lowest BCUT2D eigenvalue weighted by atomic mass is 10.0. The smallest absolute Gasteiger partial charge is 0.165 e. The molecule has 0 aromatic heterocycles. The van der Waals surface area contributed by atoms with Crippen LogP contribution >= 0.6 is 0 Å². The molecule has 4 heteroatoms. The van der Waals surface area contributed by atoms with Gasteiger partial charge in [-0.2, -0.15) is 0 Å². The minimum atomic E-state index is -0.343. The third-order valence-electron chi connectivity index (χ3n) is 3.29. The summed E-state index contributed by atoms with van der Waals surface area (Å²) in [6, 6.07) is 5.13. The van der Waals surface area contributed by atoms with Gasteiger partial charge in [-0.3, -0.25) is 0 Å². The number of rotatable bonds is 3. The Kier molecular flexibility index (Phi) is 3.55. The second kappa shape index (κ2) is 5.12. The Morgan fingerprint density at radius 1 is 1.56 bits per heavy atom. The Morgan fingerprint density at radius 3 is 2.89 bits per heavy atom. The Labute approximate surface area is 106 Å². The highest BCUT2D eigenvalue weighted by molar-refractivity contribution is 5.33. The normalized spacial score (nSPS) is 21.3. The molecule has 1 aromatic carbocycles. The van der Waals surface area contributed by atoms with Crippen LogP contribution in [0.2, 0.25) is 0 Å². The van der Waals surface area contributed by atoms with Gasteiger partial charge in [-0.25, -0.2) is 4.39 Å². The first-order valence-corrected chi connectivity index (χ1v) is 5.86. The molecule has 0 saturated carbocycles. The first-order chi connectivity index (χ1) is 8.71. The quantitative estimate of drug-likeness (QED) is 0.893. The van der Waals surface area contributed by atoms with E-state index in [1.807, 2.05) is 11.0 Å². The third-order valence-corrected chi connectivity index (χ3v) is 3.29. The van der Waals surface area contributed by atoms with Gasteiger partial charge in [0.1, 0.15) is 0 Å². The predicted molar refractivity (Wildman–Crippen MR) is 69.2 cm³/mol. The fourth-order valence-electron chi connectivity index (χ4n) is 2.38. The third kappa shape index (κ3) is 2.06. The molecule has 1 heterocycles. The van der Waals surface area contributed by atoms with Crippen molar-refractivity contribution in [1.29, 1.82) is 0 Å². The standard InChI is InChI=1S/C14H17FN2O/c1-3-17-11(9-16)5-6-13(17)10-4-7-14(18-2)12(15)8-10/h3-4,7-9,13H,1,5-6,16H2,2H3/b11-9-. The summed E-state index contributed by atoms with van der Waals surface area (Å²) in [5, 5.41) is 0. The van der Waals surface area contributed by atoms with Crippen molar-refractivity contribution in [3.63, 3.8) is 0 Å². The number of methoxy groups -OCH3 is 1. The molecule has 0 bridgehead atoms. The van der Waals surface area contributed by atoms with Gasteiger partial charge in [0, 0.05) is 11.9 Å². The molecule has 1 aliphatic heterocycles. The zero-order chi connectivity index (χ0) is 13.1. The van der Waals surface area contributed by atoms with Crippen LogP contribution in [0.1, 0.15) is 24.4 Å². The highest BCUT2D eigenvalue weighted by Gasteiger charge is 2.27. The van der Waals surface area contributed by atoms with E-state index in [4.69, 9.17) is 10.5 Å². The maximum atomic E-state index is 13.7. The van der Waals surface area contributed by atoms with Gasteiger partial charge in [-0.05, 0) is 36.7 Å². The Bertz CT molecular complexity index is 485. The van der Waals surface area contributed by atoms with Crippen LogP contribution in [0.3, 0.4) is 0 Å². The van der Waals surface area contributed by atoms with Crippen LogP contribution in [0.25, 0.3) is 0 Å². The van der Waals surface area contributed by atoms with Gasteiger partial charge in [0.05, 0.1) is 13.2 Å². The van der Waals surface area contributed by atoms with E-state index in [0.717, 1.165) is 24.1 Å². The van der Waals surface area contributed by atoms with E-state index in [9.17, 15) is 4.39 Å². The Balaban J connectivity index is 2.32. The molecular formula is C14H17FN2O. The zero-order valence-electron chi connectivity index (χ0n) is 10.4. The van der Waals surface area contributed by atoms with E-state index in [1.165, 1.54) is 13.2 Å². The minimum Gasteiger partial charge on any atom is -0.494 e. The number of allylic oxidation sites excluding steroid dienone is 1. The lowest BCUT2D eigenvalue weighted by molar-refractivity contribution is 0.379. The fraction of sp³-hybridized carbons (Fsp3) is 0.286. The molecule has 2 rings (SSSR count). The van der Waals surface area contributed by atoms with Crippen molar-refractivity contribution in [2.75, 3.05) is 7.11 Å². The second-order valence-electron chi connectivity index (χ2n) is 4.20. The molecule has 1 fully saturated rings. The fourth-order valence-corrected chi connectivity index (χ4v) is 2.38. The van der Waals surface area contributed by atoms with Crippen LogP contribution in [-0.4, -0.2) is 12.0 Å². The van der Waals surface area contributed by atoms with E-state index in [-0.39, 0.29) is 17.6 Å². The van der Waals surface area contributed by atoms with E-state index < -0.39 is 0 Å². The molecule has 0 radical (unpaired) electrons. The predicted octanol–water partition coefficient (Wildman–Crippen LogP) is 2.91. The first kappa shape index (κ1) is 12.5. The molecule has 0 aliphatic carbocycles. The van der Waals surface area contributed by atoms with Crippen LogP contribution in [0, 0.1) is 5.82 Å². The average molecular weight is 248 g/mol. The van der Waals surface area contributed by atoms with Crippen LogP contribution in [-0.2, 0) is 0 Å². The highest BCUT2D eigenvalue weighted by Crippen LogP contribution is 2.38. The molecule has 18 heavy (non-hydrogen) atoms. The number of nitrogens with zero attached hydrogens (tertiary/aromatic N) is 1. The van der Waals surface area contributed by atoms with E-state index >= 15 is 0 Å². The number of benzene rings is 1. The van der Waals surface area contributed by atoms with Crippen LogP contribution in [0.5, 0.6) is 5.75 Å². The Hall–Kier alpha value is -1.97. The van der Waals surface area contributed by atoms with Gasteiger partial charge in [0.15, 0.2) is 11.6 Å². The van der Waals surface area contributed by atoms with Gasteiger partial charge >= 0.3 is 0 Å². The number of hydrogen-bond donors (Lipinski definition) is 1. The van der Waals surface area contributed by atoms with E-state index in [2.05, 4.69) is 6.58 Å². The average Bonchev–Trinajstić information content (AvgIpc) is 2.81. The summed E-state index contributed by atoms with van der Waals surface area (Å²) in [5.74, 6) is -0.0827. The van der Waals surface area contributed by atoms with Crippen molar-refractivity contribution in [2.24, 2.45) is 5.73 Å². The first-order valence-electron chi connectivity index (χ1n) is 5.86. The van der Waals surface area contributed by atoms with Crippen LogP contribution < -0.4 is 10.5 Å². The Morgan fingerprint density at radius 2 is 2.33 bits per heavy atom. The molecule has 0 amide bonds. The molecule has 2 N–H and O–H groups in total. The number of halogens is 1. The molecule has 96 valence electrons. The van der Waals surface area contributed by atoms with E-state index in [1.54, 1.807) is 18.5 Å². The molecule has 1 atom stereocenters. The van der Waals surface area contributed by atoms with Gasteiger partial charge < -0.3 is 15.4 Å². The van der Waals surface area contributed by atoms with Crippen molar-refractivity contribution in [3.8, 4) is 5.75 Å². The van der Waals surface area contributed by atoms with Crippen molar-refractivity contribution in [2.45, 2.75) is 18.9 Å². The van der Waals surface area contributed by atoms with Gasteiger partial charge in [-0.15, -0.1) is 0 Å². The van der Waals surface area contributed by atoms with Crippen molar-refractivity contribution >= 4 is 0 Å². The second-order valence-corrected chi connectivity index (χ2v) is 4.20. The number of likely N-dealkylation sites (tertiary alicyclic amines) is 1. The highest BCUT2D eigenvalue weighted by atomic mass is 19.1. The summed E-state index contributed by atoms with van der Waals surface area (Å²) in [5.41, 5.74) is 7.50. The maximum Gasteiger partial charge on any atom is 0.165 e. The lowest BCUT2D eigenvalue weighted by Crippen LogP contribution is -2.16.